The first-order valence-electron chi connectivity index (χ1n) is 6.57. The number of hydrogen-bond acceptors (Lipinski definition) is 3. The van der Waals surface area contributed by atoms with Crippen molar-refractivity contribution >= 4 is 5.97 Å². The van der Waals surface area contributed by atoms with E-state index < -0.39 is 5.97 Å². The molecular weight excluding hydrogens is 244 g/mol. The number of rotatable bonds is 5. The zero-order chi connectivity index (χ0) is 13.9. The van der Waals surface area contributed by atoms with Gasteiger partial charge in [-0.1, -0.05) is 19.9 Å². The van der Waals surface area contributed by atoms with Crippen LogP contribution in [-0.4, -0.2) is 24.3 Å². The highest BCUT2D eigenvalue weighted by atomic mass is 16.6. The Morgan fingerprint density at radius 1 is 1.26 bits per heavy atom. The molecule has 0 atom stereocenters. The number of carbonyl (C=O) groups is 1. The van der Waals surface area contributed by atoms with Gasteiger partial charge in [-0.15, -0.1) is 0 Å². The lowest BCUT2D eigenvalue weighted by Gasteiger charge is -2.25. The van der Waals surface area contributed by atoms with Gasteiger partial charge in [0.15, 0.2) is 11.5 Å². The summed E-state index contributed by atoms with van der Waals surface area (Å²) in [6, 6.07) is 5.95. The fourth-order valence-electron chi connectivity index (χ4n) is 2.28. The molecule has 0 aromatic heterocycles. The summed E-state index contributed by atoms with van der Waals surface area (Å²) in [6.07, 6.45) is 1.70. The monoisotopic (exact) mass is 264 g/mol. The normalized spacial score (nSPS) is 14.2. The van der Waals surface area contributed by atoms with Gasteiger partial charge in [-0.3, -0.25) is 4.79 Å². The Morgan fingerprint density at radius 3 is 2.63 bits per heavy atom. The maximum Gasteiger partial charge on any atom is 0.303 e. The summed E-state index contributed by atoms with van der Waals surface area (Å²) in [6.45, 7) is 5.36. The van der Waals surface area contributed by atoms with Crippen molar-refractivity contribution in [2.45, 2.75) is 33.1 Å². The van der Waals surface area contributed by atoms with E-state index in [1.807, 2.05) is 18.2 Å². The van der Waals surface area contributed by atoms with Crippen molar-refractivity contribution in [3.05, 3.63) is 23.8 Å². The van der Waals surface area contributed by atoms with Crippen LogP contribution in [0.1, 0.15) is 32.3 Å². The Morgan fingerprint density at radius 2 is 1.95 bits per heavy atom. The van der Waals surface area contributed by atoms with Crippen LogP contribution >= 0.6 is 0 Å². The van der Waals surface area contributed by atoms with Gasteiger partial charge in [0.2, 0.25) is 0 Å². The zero-order valence-electron chi connectivity index (χ0n) is 11.4. The Bertz CT molecular complexity index is 465. The average Bonchev–Trinajstić information content (AvgIpc) is 2.36. The Hall–Kier alpha value is -1.71. The summed E-state index contributed by atoms with van der Waals surface area (Å²) in [5, 5.41) is 8.76. The number of hydrogen-bond donors (Lipinski definition) is 1. The highest BCUT2D eigenvalue weighted by Crippen LogP contribution is 2.34. The van der Waals surface area contributed by atoms with Gasteiger partial charge in [0, 0.05) is 6.42 Å². The number of ether oxygens (including phenoxy) is 2. The molecule has 1 aliphatic rings. The summed E-state index contributed by atoms with van der Waals surface area (Å²) < 4.78 is 11.0. The summed E-state index contributed by atoms with van der Waals surface area (Å²) >= 11 is 0. The third-order valence-electron chi connectivity index (χ3n) is 3.30. The fourth-order valence-corrected chi connectivity index (χ4v) is 2.28. The molecule has 0 saturated carbocycles. The smallest absolute Gasteiger partial charge is 0.303 e. The lowest BCUT2D eigenvalue weighted by atomic mass is 9.81. The van der Waals surface area contributed by atoms with Gasteiger partial charge in [-0.05, 0) is 36.0 Å². The fraction of sp³-hybridized carbons (Fsp3) is 0.533. The molecule has 0 amide bonds. The van der Waals surface area contributed by atoms with E-state index in [1.54, 1.807) is 0 Å². The van der Waals surface area contributed by atoms with Crippen LogP contribution in [0.4, 0.5) is 0 Å². The third kappa shape index (κ3) is 3.88. The highest BCUT2D eigenvalue weighted by molar-refractivity contribution is 5.66. The van der Waals surface area contributed by atoms with Crippen molar-refractivity contribution in [1.82, 2.24) is 0 Å². The quantitative estimate of drug-likeness (QED) is 0.888. The predicted molar refractivity (Wildman–Crippen MR) is 71.8 cm³/mol. The van der Waals surface area contributed by atoms with Gasteiger partial charge in [-0.2, -0.15) is 0 Å². The number of fused-ring (bicyclic) bond motifs is 1. The SMILES string of the molecule is CC(C)(CCC(=O)O)Cc1ccc2c(c1)OCCO2. The molecule has 19 heavy (non-hydrogen) atoms. The van der Waals surface area contributed by atoms with Crippen molar-refractivity contribution in [3.63, 3.8) is 0 Å². The van der Waals surface area contributed by atoms with Gasteiger partial charge in [0.1, 0.15) is 13.2 Å². The van der Waals surface area contributed by atoms with Crippen molar-refractivity contribution in [2.75, 3.05) is 13.2 Å². The topological polar surface area (TPSA) is 55.8 Å². The minimum Gasteiger partial charge on any atom is -0.486 e. The Kier molecular flexibility index (Phi) is 3.98. The van der Waals surface area contributed by atoms with Gasteiger partial charge in [0.05, 0.1) is 0 Å². The van der Waals surface area contributed by atoms with Crippen molar-refractivity contribution < 1.29 is 19.4 Å². The number of aliphatic carboxylic acids is 1. The van der Waals surface area contributed by atoms with Gasteiger partial charge in [0.25, 0.3) is 0 Å². The summed E-state index contributed by atoms with van der Waals surface area (Å²) in [4.78, 5) is 10.7. The summed E-state index contributed by atoms with van der Waals surface area (Å²) in [5.74, 6) is 0.839. The molecule has 0 fully saturated rings. The van der Waals surface area contributed by atoms with E-state index in [4.69, 9.17) is 14.6 Å². The molecule has 4 heteroatoms. The van der Waals surface area contributed by atoms with Crippen LogP contribution in [0.2, 0.25) is 0 Å². The maximum absolute atomic E-state index is 10.7. The molecule has 1 N–H and O–H groups in total. The molecule has 0 bridgehead atoms. The van der Waals surface area contributed by atoms with Gasteiger partial charge in [-0.25, -0.2) is 0 Å². The third-order valence-corrected chi connectivity index (χ3v) is 3.30. The molecule has 0 unspecified atom stereocenters. The van der Waals surface area contributed by atoms with Crippen LogP contribution < -0.4 is 9.47 Å². The molecule has 2 rings (SSSR count). The molecule has 0 aliphatic carbocycles. The van der Waals surface area contributed by atoms with E-state index in [-0.39, 0.29) is 11.8 Å². The molecule has 1 aliphatic heterocycles. The van der Waals surface area contributed by atoms with Crippen LogP contribution in [-0.2, 0) is 11.2 Å². The molecule has 1 aromatic rings. The Balaban J connectivity index is 2.04. The second-order valence-corrected chi connectivity index (χ2v) is 5.71. The Labute approximate surface area is 113 Å². The van der Waals surface area contributed by atoms with Crippen LogP contribution in [0, 0.1) is 5.41 Å². The van der Waals surface area contributed by atoms with Crippen LogP contribution in [0.5, 0.6) is 11.5 Å². The van der Waals surface area contributed by atoms with Gasteiger partial charge >= 0.3 is 5.97 Å². The van der Waals surface area contributed by atoms with E-state index >= 15 is 0 Å². The molecule has 0 spiro atoms. The van der Waals surface area contributed by atoms with Gasteiger partial charge < -0.3 is 14.6 Å². The lowest BCUT2D eigenvalue weighted by Crippen LogP contribution is -2.18. The predicted octanol–water partition coefficient (Wildman–Crippen LogP) is 2.89. The molecular formula is C15H20O4. The van der Waals surface area contributed by atoms with Crippen molar-refractivity contribution in [1.29, 1.82) is 0 Å². The number of carboxylic acids is 1. The molecule has 0 radical (unpaired) electrons. The van der Waals surface area contributed by atoms with E-state index in [1.165, 1.54) is 0 Å². The highest BCUT2D eigenvalue weighted by Gasteiger charge is 2.21. The van der Waals surface area contributed by atoms with Crippen molar-refractivity contribution in [3.8, 4) is 11.5 Å². The second kappa shape index (κ2) is 5.51. The number of benzene rings is 1. The first-order chi connectivity index (χ1) is 8.96. The first kappa shape index (κ1) is 13.7. The maximum atomic E-state index is 10.7. The van der Waals surface area contributed by atoms with Crippen LogP contribution in [0.3, 0.4) is 0 Å². The van der Waals surface area contributed by atoms with Crippen LogP contribution in [0.25, 0.3) is 0 Å². The average molecular weight is 264 g/mol. The van der Waals surface area contributed by atoms with Crippen molar-refractivity contribution in [2.24, 2.45) is 5.41 Å². The first-order valence-corrected chi connectivity index (χ1v) is 6.57. The van der Waals surface area contributed by atoms with E-state index in [2.05, 4.69) is 13.8 Å². The minimum atomic E-state index is -0.741. The molecule has 0 saturated heterocycles. The molecule has 1 heterocycles. The number of carboxylic acid groups (broad SMARTS) is 1. The summed E-state index contributed by atoms with van der Waals surface area (Å²) in [5.41, 5.74) is 1.11. The molecule has 104 valence electrons. The zero-order valence-corrected chi connectivity index (χ0v) is 11.4. The molecule has 4 nitrogen and oxygen atoms in total. The van der Waals surface area contributed by atoms with E-state index in [0.29, 0.717) is 19.6 Å². The van der Waals surface area contributed by atoms with E-state index in [9.17, 15) is 4.79 Å². The van der Waals surface area contributed by atoms with E-state index in [0.717, 1.165) is 23.5 Å². The summed E-state index contributed by atoms with van der Waals surface area (Å²) in [7, 11) is 0. The standard InChI is InChI=1S/C15H20O4/c1-15(2,6-5-14(16)17)10-11-3-4-12-13(9-11)19-8-7-18-12/h3-4,9H,5-8,10H2,1-2H3,(H,16,17). The van der Waals surface area contributed by atoms with Crippen LogP contribution in [0.15, 0.2) is 18.2 Å². The lowest BCUT2D eigenvalue weighted by molar-refractivity contribution is -0.137. The molecule has 1 aromatic carbocycles. The second-order valence-electron chi connectivity index (χ2n) is 5.71. The largest absolute Gasteiger partial charge is 0.486 e. The minimum absolute atomic E-state index is 0.0395.